The fraction of sp³-hybridized carbons (Fsp3) is 0.467. The maximum Gasteiger partial charge on any atom is 0.309 e. The third-order valence-electron chi connectivity index (χ3n) is 3.63. The maximum atomic E-state index is 12.0. The summed E-state index contributed by atoms with van der Waals surface area (Å²) in [5, 5.41) is 0. The molecule has 1 aromatic rings. The number of methoxy groups -OCH3 is 1. The molecule has 0 amide bonds. The number of carbonyl (C=O) groups is 2. The predicted molar refractivity (Wildman–Crippen MR) is 68.0 cm³/mol. The average Bonchev–Trinajstić information content (AvgIpc) is 2.41. The van der Waals surface area contributed by atoms with Crippen molar-refractivity contribution in [2.24, 2.45) is 11.8 Å². The molecule has 0 radical (unpaired) electrons. The topological polar surface area (TPSA) is 43.4 Å². The summed E-state index contributed by atoms with van der Waals surface area (Å²) in [7, 11) is 1.38. The van der Waals surface area contributed by atoms with Crippen molar-refractivity contribution in [1.29, 1.82) is 0 Å². The van der Waals surface area contributed by atoms with Crippen molar-refractivity contribution in [2.75, 3.05) is 7.11 Å². The molecule has 0 bridgehead atoms. The summed E-state index contributed by atoms with van der Waals surface area (Å²) < 4.78 is 4.70. The van der Waals surface area contributed by atoms with Crippen LogP contribution in [0.2, 0.25) is 0 Å². The van der Waals surface area contributed by atoms with Crippen LogP contribution in [0.15, 0.2) is 30.3 Å². The van der Waals surface area contributed by atoms with Gasteiger partial charge in [0.05, 0.1) is 13.0 Å². The van der Waals surface area contributed by atoms with Crippen LogP contribution in [-0.2, 0) is 20.7 Å². The largest absolute Gasteiger partial charge is 0.469 e. The van der Waals surface area contributed by atoms with Crippen LogP contribution < -0.4 is 0 Å². The quantitative estimate of drug-likeness (QED) is 0.769. The van der Waals surface area contributed by atoms with E-state index in [4.69, 9.17) is 4.74 Å². The van der Waals surface area contributed by atoms with Crippen LogP contribution in [0.25, 0.3) is 0 Å². The minimum Gasteiger partial charge on any atom is -0.469 e. The van der Waals surface area contributed by atoms with Crippen LogP contribution in [0.1, 0.15) is 24.8 Å². The first-order valence-corrected chi connectivity index (χ1v) is 6.35. The van der Waals surface area contributed by atoms with Crippen LogP contribution in [0.5, 0.6) is 0 Å². The minimum absolute atomic E-state index is 0.0632. The fourth-order valence-corrected chi connectivity index (χ4v) is 2.56. The van der Waals surface area contributed by atoms with Gasteiger partial charge in [-0.2, -0.15) is 0 Å². The molecule has 3 nitrogen and oxygen atoms in total. The van der Waals surface area contributed by atoms with E-state index in [1.165, 1.54) is 12.7 Å². The molecule has 1 fully saturated rings. The van der Waals surface area contributed by atoms with Gasteiger partial charge in [-0.15, -0.1) is 0 Å². The molecule has 0 spiro atoms. The molecule has 0 saturated heterocycles. The summed E-state index contributed by atoms with van der Waals surface area (Å²) in [6.45, 7) is 0. The number of esters is 1. The van der Waals surface area contributed by atoms with Crippen molar-refractivity contribution in [3.05, 3.63) is 35.9 Å². The Bertz CT molecular complexity index is 425. The van der Waals surface area contributed by atoms with Crippen LogP contribution >= 0.6 is 0 Å². The van der Waals surface area contributed by atoms with E-state index in [0.717, 1.165) is 19.3 Å². The number of benzene rings is 1. The van der Waals surface area contributed by atoms with E-state index >= 15 is 0 Å². The second-order valence-electron chi connectivity index (χ2n) is 4.85. The number of carbonyl (C=O) groups excluding carboxylic acids is 2. The first kappa shape index (κ1) is 12.8. The Kier molecular flexibility index (Phi) is 4.13. The summed E-state index contributed by atoms with van der Waals surface area (Å²) in [4.78, 5) is 23.4. The van der Waals surface area contributed by atoms with E-state index < -0.39 is 0 Å². The first-order valence-electron chi connectivity index (χ1n) is 6.35. The predicted octanol–water partition coefficient (Wildman–Crippen LogP) is 2.39. The summed E-state index contributed by atoms with van der Waals surface area (Å²) in [5.74, 6) is -0.218. The van der Waals surface area contributed by atoms with Gasteiger partial charge in [0.2, 0.25) is 0 Å². The van der Waals surface area contributed by atoms with E-state index in [2.05, 4.69) is 0 Å². The highest BCUT2D eigenvalue weighted by Gasteiger charge is 2.32. The van der Waals surface area contributed by atoms with Gasteiger partial charge in [-0.25, -0.2) is 0 Å². The van der Waals surface area contributed by atoms with Gasteiger partial charge in [0, 0.05) is 12.3 Å². The van der Waals surface area contributed by atoms with E-state index in [9.17, 15) is 9.59 Å². The standard InChI is InChI=1S/C15H18O3/c1-18-15(17)13-8-7-12(14(16)10-13)9-11-5-3-2-4-6-11/h2-6,12-13H,7-10H2,1H3/t12-,13-/m1/s1. The number of ether oxygens (including phenoxy) is 1. The normalized spacial score (nSPS) is 23.7. The van der Waals surface area contributed by atoms with Crippen molar-refractivity contribution in [3.8, 4) is 0 Å². The number of hydrogen-bond acceptors (Lipinski definition) is 3. The van der Waals surface area contributed by atoms with Gasteiger partial charge in [0.1, 0.15) is 5.78 Å². The Hall–Kier alpha value is -1.64. The van der Waals surface area contributed by atoms with Crippen LogP contribution in [0.4, 0.5) is 0 Å². The van der Waals surface area contributed by atoms with Crippen LogP contribution in [0.3, 0.4) is 0 Å². The van der Waals surface area contributed by atoms with E-state index in [1.54, 1.807) is 0 Å². The molecule has 2 rings (SSSR count). The van der Waals surface area contributed by atoms with Gasteiger partial charge >= 0.3 is 5.97 Å². The molecular formula is C15H18O3. The molecule has 2 atom stereocenters. The highest BCUT2D eigenvalue weighted by atomic mass is 16.5. The molecule has 0 aliphatic heterocycles. The van der Waals surface area contributed by atoms with Crippen LogP contribution in [-0.4, -0.2) is 18.9 Å². The lowest BCUT2D eigenvalue weighted by Crippen LogP contribution is -2.31. The lowest BCUT2D eigenvalue weighted by molar-refractivity contribution is -0.149. The summed E-state index contributed by atoms with van der Waals surface area (Å²) in [6, 6.07) is 10.0. The molecule has 96 valence electrons. The third kappa shape index (κ3) is 2.97. The fourth-order valence-electron chi connectivity index (χ4n) is 2.56. The monoisotopic (exact) mass is 246 g/mol. The summed E-state index contributed by atoms with van der Waals surface area (Å²) in [6.07, 6.45) is 2.67. The molecule has 0 aromatic heterocycles. The second kappa shape index (κ2) is 5.80. The molecule has 0 unspecified atom stereocenters. The zero-order chi connectivity index (χ0) is 13.0. The molecule has 1 aliphatic carbocycles. The molecule has 0 heterocycles. The van der Waals surface area contributed by atoms with Crippen molar-refractivity contribution >= 4 is 11.8 Å². The first-order chi connectivity index (χ1) is 8.70. The van der Waals surface area contributed by atoms with Crippen molar-refractivity contribution < 1.29 is 14.3 Å². The molecule has 1 aromatic carbocycles. The maximum absolute atomic E-state index is 12.0. The van der Waals surface area contributed by atoms with Gasteiger partial charge < -0.3 is 4.74 Å². The zero-order valence-electron chi connectivity index (χ0n) is 10.6. The molecular weight excluding hydrogens is 228 g/mol. The van der Waals surface area contributed by atoms with E-state index in [1.807, 2.05) is 30.3 Å². The Morgan fingerprint density at radius 3 is 2.61 bits per heavy atom. The van der Waals surface area contributed by atoms with Gasteiger partial charge in [-0.3, -0.25) is 9.59 Å². The lowest BCUT2D eigenvalue weighted by atomic mass is 9.78. The highest BCUT2D eigenvalue weighted by Crippen LogP contribution is 2.29. The van der Waals surface area contributed by atoms with E-state index in [0.29, 0.717) is 6.42 Å². The summed E-state index contributed by atoms with van der Waals surface area (Å²) in [5.41, 5.74) is 1.19. The SMILES string of the molecule is COC(=O)[C@@H]1CC[C@H](Cc2ccccc2)C(=O)C1. The molecule has 1 saturated carbocycles. The van der Waals surface area contributed by atoms with Crippen molar-refractivity contribution in [2.45, 2.75) is 25.7 Å². The lowest BCUT2D eigenvalue weighted by Gasteiger charge is -2.25. The van der Waals surface area contributed by atoms with Gasteiger partial charge in [0.25, 0.3) is 0 Å². The van der Waals surface area contributed by atoms with Crippen molar-refractivity contribution in [3.63, 3.8) is 0 Å². The average molecular weight is 246 g/mol. The minimum atomic E-state index is -0.249. The Morgan fingerprint density at radius 2 is 2.00 bits per heavy atom. The molecule has 1 aliphatic rings. The number of ketones is 1. The zero-order valence-corrected chi connectivity index (χ0v) is 10.6. The number of hydrogen-bond donors (Lipinski definition) is 0. The second-order valence-corrected chi connectivity index (χ2v) is 4.85. The van der Waals surface area contributed by atoms with Crippen molar-refractivity contribution in [1.82, 2.24) is 0 Å². The van der Waals surface area contributed by atoms with Gasteiger partial charge in [0.15, 0.2) is 0 Å². The number of Topliss-reactive ketones (excluding diaryl/α,β-unsaturated/α-hetero) is 1. The molecule has 0 N–H and O–H groups in total. The molecule has 18 heavy (non-hydrogen) atoms. The highest BCUT2D eigenvalue weighted by molar-refractivity contribution is 5.87. The number of rotatable bonds is 3. The Labute approximate surface area is 107 Å². The third-order valence-corrected chi connectivity index (χ3v) is 3.63. The Balaban J connectivity index is 1.94. The summed E-state index contributed by atoms with van der Waals surface area (Å²) >= 11 is 0. The Morgan fingerprint density at radius 1 is 1.28 bits per heavy atom. The van der Waals surface area contributed by atoms with Crippen LogP contribution in [0, 0.1) is 11.8 Å². The van der Waals surface area contributed by atoms with Gasteiger partial charge in [-0.05, 0) is 24.8 Å². The van der Waals surface area contributed by atoms with Gasteiger partial charge in [-0.1, -0.05) is 30.3 Å². The van der Waals surface area contributed by atoms with E-state index in [-0.39, 0.29) is 23.6 Å². The molecule has 3 heteroatoms. The smallest absolute Gasteiger partial charge is 0.309 e.